The van der Waals surface area contributed by atoms with Crippen molar-refractivity contribution < 1.29 is 9.59 Å². The average Bonchev–Trinajstić information content (AvgIpc) is 3.44. The second-order valence-electron chi connectivity index (χ2n) is 9.15. The maximum absolute atomic E-state index is 12.9. The summed E-state index contributed by atoms with van der Waals surface area (Å²) in [5, 5.41) is 11.1. The number of carbonyl (C=O) groups excluding carboxylic acids is 2. The van der Waals surface area contributed by atoms with Gasteiger partial charge in [-0.2, -0.15) is 4.98 Å². The third-order valence-corrected chi connectivity index (χ3v) is 6.10. The number of hydrogen-bond donors (Lipinski definition) is 2. The van der Waals surface area contributed by atoms with E-state index in [-0.39, 0.29) is 24.3 Å². The van der Waals surface area contributed by atoms with E-state index in [0.29, 0.717) is 17.1 Å². The number of pyridine rings is 1. The Morgan fingerprint density at radius 1 is 1.15 bits per heavy atom. The lowest BCUT2D eigenvalue weighted by molar-refractivity contribution is -0.116. The maximum Gasteiger partial charge on any atom is 0.253 e. The maximum atomic E-state index is 12.9. The van der Waals surface area contributed by atoms with Gasteiger partial charge in [0.15, 0.2) is 5.65 Å². The van der Waals surface area contributed by atoms with Gasteiger partial charge >= 0.3 is 0 Å². The number of hydrogen-bond acceptors (Lipinski definition) is 5. The quantitative estimate of drug-likeness (QED) is 0.422. The van der Waals surface area contributed by atoms with Crippen molar-refractivity contribution in [3.05, 3.63) is 48.3 Å². The Morgan fingerprint density at radius 3 is 2.68 bits per heavy atom. The number of likely N-dealkylation sites (N-methyl/N-ethyl adjacent to an activating group) is 1. The summed E-state index contributed by atoms with van der Waals surface area (Å²) in [7, 11) is 3.66. The van der Waals surface area contributed by atoms with Gasteiger partial charge < -0.3 is 14.8 Å². The third-order valence-electron chi connectivity index (χ3n) is 6.10. The number of amides is 2. The first-order valence-corrected chi connectivity index (χ1v) is 11.6. The molecule has 1 fully saturated rings. The first-order chi connectivity index (χ1) is 16.4. The molecular formula is C25H29N7O2. The van der Waals surface area contributed by atoms with E-state index in [4.69, 9.17) is 0 Å². The highest BCUT2D eigenvalue weighted by molar-refractivity contribution is 6.08. The predicted octanol–water partition coefficient (Wildman–Crippen LogP) is 3.01. The summed E-state index contributed by atoms with van der Waals surface area (Å²) < 4.78 is 3.74. The number of rotatable bonds is 8. The van der Waals surface area contributed by atoms with Crippen LogP contribution in [0.4, 0.5) is 5.95 Å². The number of carbonyl (C=O) groups is 2. The highest BCUT2D eigenvalue weighted by Crippen LogP contribution is 2.30. The normalized spacial score (nSPS) is 13.6. The number of fused-ring (bicyclic) bond motifs is 2. The molecule has 0 bridgehead atoms. The molecular weight excluding hydrogens is 430 g/mol. The SMILES string of the molecule is CCn1cc(C(=O)NCC2CC2)c2cc(-c3ccn4nc(NC(=O)CN(C)C)nc4c3)ccc21. The molecule has 0 spiro atoms. The molecule has 0 radical (unpaired) electrons. The predicted molar refractivity (Wildman–Crippen MR) is 132 cm³/mol. The Kier molecular flexibility index (Phi) is 5.79. The van der Waals surface area contributed by atoms with Crippen LogP contribution in [-0.4, -0.2) is 63.1 Å². The van der Waals surface area contributed by atoms with E-state index >= 15 is 0 Å². The van der Waals surface area contributed by atoms with Crippen molar-refractivity contribution >= 4 is 34.3 Å². The van der Waals surface area contributed by atoms with Crippen molar-refractivity contribution in [3.8, 4) is 11.1 Å². The van der Waals surface area contributed by atoms with Gasteiger partial charge in [0, 0.05) is 36.4 Å². The number of benzene rings is 1. The molecule has 9 heteroatoms. The minimum Gasteiger partial charge on any atom is -0.352 e. The molecule has 9 nitrogen and oxygen atoms in total. The summed E-state index contributed by atoms with van der Waals surface area (Å²) in [4.78, 5) is 31.2. The van der Waals surface area contributed by atoms with Gasteiger partial charge in [-0.25, -0.2) is 4.52 Å². The van der Waals surface area contributed by atoms with Gasteiger partial charge in [-0.05, 0) is 75.2 Å². The van der Waals surface area contributed by atoms with Gasteiger partial charge in [-0.15, -0.1) is 5.10 Å². The van der Waals surface area contributed by atoms with Crippen LogP contribution in [0, 0.1) is 5.92 Å². The Balaban J connectivity index is 1.45. The van der Waals surface area contributed by atoms with Gasteiger partial charge in [0.2, 0.25) is 11.9 Å². The molecule has 1 aliphatic carbocycles. The molecule has 0 aliphatic heterocycles. The smallest absolute Gasteiger partial charge is 0.253 e. The van der Waals surface area contributed by atoms with Gasteiger partial charge in [-0.1, -0.05) is 6.07 Å². The monoisotopic (exact) mass is 459 g/mol. The minimum atomic E-state index is -0.167. The first kappa shape index (κ1) is 22.1. The lowest BCUT2D eigenvalue weighted by atomic mass is 10.0. The molecule has 2 amide bonds. The van der Waals surface area contributed by atoms with Crippen molar-refractivity contribution in [2.75, 3.05) is 32.5 Å². The van der Waals surface area contributed by atoms with Crippen LogP contribution in [0.5, 0.6) is 0 Å². The lowest BCUT2D eigenvalue weighted by Crippen LogP contribution is -2.27. The van der Waals surface area contributed by atoms with E-state index in [1.165, 1.54) is 12.8 Å². The Morgan fingerprint density at radius 2 is 1.94 bits per heavy atom. The fourth-order valence-electron chi connectivity index (χ4n) is 4.14. The van der Waals surface area contributed by atoms with Crippen LogP contribution in [0.2, 0.25) is 0 Å². The highest BCUT2D eigenvalue weighted by atomic mass is 16.2. The number of aromatic nitrogens is 4. The summed E-state index contributed by atoms with van der Waals surface area (Å²) in [5.41, 5.74) is 4.32. The summed E-state index contributed by atoms with van der Waals surface area (Å²) in [5.74, 6) is 0.715. The average molecular weight is 460 g/mol. The molecule has 1 saturated carbocycles. The van der Waals surface area contributed by atoms with Gasteiger partial charge in [-0.3, -0.25) is 14.9 Å². The number of nitrogens with one attached hydrogen (secondary N) is 2. The fourth-order valence-corrected chi connectivity index (χ4v) is 4.14. The number of anilines is 1. The van der Waals surface area contributed by atoms with Crippen LogP contribution >= 0.6 is 0 Å². The molecule has 1 aliphatic rings. The molecule has 5 rings (SSSR count). The second kappa shape index (κ2) is 8.90. The molecule has 1 aromatic carbocycles. The highest BCUT2D eigenvalue weighted by Gasteiger charge is 2.23. The zero-order chi connectivity index (χ0) is 23.8. The standard InChI is InChI=1S/C25H29N7O2/c1-4-31-14-20(24(34)26-13-16-5-6-16)19-11-17(7-8-21(19)31)18-9-10-32-22(12-18)27-25(29-32)28-23(33)15-30(2)3/h7-12,14,16H,4-6,13,15H2,1-3H3,(H,26,34)(H,28,29,33). The minimum absolute atomic E-state index is 0.0210. The van der Waals surface area contributed by atoms with E-state index in [2.05, 4.69) is 50.4 Å². The van der Waals surface area contributed by atoms with E-state index < -0.39 is 0 Å². The molecule has 3 aromatic heterocycles. The van der Waals surface area contributed by atoms with Crippen molar-refractivity contribution in [2.45, 2.75) is 26.3 Å². The van der Waals surface area contributed by atoms with E-state index in [1.54, 1.807) is 9.42 Å². The zero-order valence-electron chi connectivity index (χ0n) is 19.7. The molecule has 2 N–H and O–H groups in total. The van der Waals surface area contributed by atoms with Crippen LogP contribution in [0.15, 0.2) is 42.7 Å². The zero-order valence-corrected chi connectivity index (χ0v) is 19.7. The molecule has 0 saturated heterocycles. The van der Waals surface area contributed by atoms with E-state index in [9.17, 15) is 9.59 Å². The first-order valence-electron chi connectivity index (χ1n) is 11.6. The summed E-state index contributed by atoms with van der Waals surface area (Å²) in [6, 6.07) is 10.1. The van der Waals surface area contributed by atoms with Crippen LogP contribution < -0.4 is 10.6 Å². The van der Waals surface area contributed by atoms with Crippen molar-refractivity contribution in [1.29, 1.82) is 0 Å². The number of nitrogens with zero attached hydrogens (tertiary/aromatic N) is 5. The molecule has 3 heterocycles. The van der Waals surface area contributed by atoms with Gasteiger partial charge in [0.1, 0.15) is 0 Å². The molecule has 0 unspecified atom stereocenters. The van der Waals surface area contributed by atoms with E-state index in [1.807, 2.05) is 38.6 Å². The van der Waals surface area contributed by atoms with Gasteiger partial charge in [0.25, 0.3) is 5.91 Å². The topological polar surface area (TPSA) is 96.6 Å². The third kappa shape index (κ3) is 4.51. The second-order valence-corrected chi connectivity index (χ2v) is 9.15. The summed E-state index contributed by atoms with van der Waals surface area (Å²) in [6.07, 6.45) is 6.17. The largest absolute Gasteiger partial charge is 0.352 e. The molecule has 4 aromatic rings. The number of aryl methyl sites for hydroxylation is 1. The van der Waals surface area contributed by atoms with E-state index in [0.717, 1.165) is 35.1 Å². The van der Waals surface area contributed by atoms with Gasteiger partial charge in [0.05, 0.1) is 12.1 Å². The van der Waals surface area contributed by atoms with Crippen LogP contribution in [-0.2, 0) is 11.3 Å². The fraction of sp³-hybridized carbons (Fsp3) is 0.360. The molecule has 176 valence electrons. The van der Waals surface area contributed by atoms with Crippen LogP contribution in [0.1, 0.15) is 30.1 Å². The van der Waals surface area contributed by atoms with Crippen molar-refractivity contribution in [3.63, 3.8) is 0 Å². The van der Waals surface area contributed by atoms with Crippen LogP contribution in [0.3, 0.4) is 0 Å². The van der Waals surface area contributed by atoms with Crippen LogP contribution in [0.25, 0.3) is 27.7 Å². The van der Waals surface area contributed by atoms with Crippen molar-refractivity contribution in [1.82, 2.24) is 29.4 Å². The Labute approximate surface area is 197 Å². The Hall–Kier alpha value is -3.72. The Bertz CT molecular complexity index is 1380. The molecule has 34 heavy (non-hydrogen) atoms. The molecule has 0 atom stereocenters. The summed E-state index contributed by atoms with van der Waals surface area (Å²) in [6.45, 7) is 3.87. The van der Waals surface area contributed by atoms with Crippen molar-refractivity contribution in [2.24, 2.45) is 5.92 Å². The lowest BCUT2D eigenvalue weighted by Gasteiger charge is -2.07. The summed E-state index contributed by atoms with van der Waals surface area (Å²) >= 11 is 0.